The SMILES string of the molecule is Cc1ccccc1-c1nc(CN)c(Cl)s1. The predicted octanol–water partition coefficient (Wildman–Crippen LogP) is 3.23. The largest absolute Gasteiger partial charge is 0.325 e. The predicted molar refractivity (Wildman–Crippen MR) is 65.2 cm³/mol. The monoisotopic (exact) mass is 238 g/mol. The summed E-state index contributed by atoms with van der Waals surface area (Å²) in [6.45, 7) is 2.45. The number of hydrogen-bond donors (Lipinski definition) is 1. The van der Waals surface area contributed by atoms with Gasteiger partial charge in [-0.1, -0.05) is 35.9 Å². The van der Waals surface area contributed by atoms with E-state index in [0.29, 0.717) is 10.9 Å². The average Bonchev–Trinajstić information content (AvgIpc) is 2.60. The Hall–Kier alpha value is -0.900. The molecule has 2 rings (SSSR count). The number of rotatable bonds is 2. The molecule has 1 heterocycles. The van der Waals surface area contributed by atoms with Gasteiger partial charge in [-0.2, -0.15) is 0 Å². The van der Waals surface area contributed by atoms with Gasteiger partial charge in [-0.3, -0.25) is 0 Å². The van der Waals surface area contributed by atoms with Gasteiger partial charge >= 0.3 is 0 Å². The summed E-state index contributed by atoms with van der Waals surface area (Å²) in [5.74, 6) is 0. The van der Waals surface area contributed by atoms with Crippen molar-refractivity contribution < 1.29 is 0 Å². The third-order valence-corrected chi connectivity index (χ3v) is 3.59. The first-order valence-electron chi connectivity index (χ1n) is 4.63. The van der Waals surface area contributed by atoms with Gasteiger partial charge in [0.15, 0.2) is 0 Å². The molecule has 1 aromatic carbocycles. The fourth-order valence-electron chi connectivity index (χ4n) is 1.39. The van der Waals surface area contributed by atoms with Gasteiger partial charge in [0.05, 0.1) is 5.69 Å². The first kappa shape index (κ1) is 10.6. The fourth-order valence-corrected chi connectivity index (χ4v) is 2.64. The van der Waals surface area contributed by atoms with E-state index in [2.05, 4.69) is 18.0 Å². The molecule has 2 N–H and O–H groups in total. The highest BCUT2D eigenvalue weighted by molar-refractivity contribution is 7.19. The minimum atomic E-state index is 0.390. The van der Waals surface area contributed by atoms with Crippen molar-refractivity contribution in [3.05, 3.63) is 39.9 Å². The molecule has 0 saturated heterocycles. The molecular weight excluding hydrogens is 228 g/mol. The van der Waals surface area contributed by atoms with E-state index in [1.54, 1.807) is 0 Å². The summed E-state index contributed by atoms with van der Waals surface area (Å²) >= 11 is 7.50. The highest BCUT2D eigenvalue weighted by Crippen LogP contribution is 2.32. The molecule has 0 spiro atoms. The minimum absolute atomic E-state index is 0.390. The van der Waals surface area contributed by atoms with Crippen LogP contribution in [0.25, 0.3) is 10.6 Å². The third kappa shape index (κ3) is 2.04. The van der Waals surface area contributed by atoms with E-state index in [-0.39, 0.29) is 0 Å². The van der Waals surface area contributed by atoms with Gasteiger partial charge in [0.25, 0.3) is 0 Å². The molecule has 0 aliphatic carbocycles. The number of benzene rings is 1. The minimum Gasteiger partial charge on any atom is -0.325 e. The quantitative estimate of drug-likeness (QED) is 0.873. The third-order valence-electron chi connectivity index (χ3n) is 2.22. The Morgan fingerprint density at radius 3 is 2.73 bits per heavy atom. The number of aromatic nitrogens is 1. The Morgan fingerprint density at radius 1 is 1.40 bits per heavy atom. The Morgan fingerprint density at radius 2 is 2.13 bits per heavy atom. The Bertz CT molecular complexity index is 479. The van der Waals surface area contributed by atoms with Crippen LogP contribution in [-0.2, 0) is 6.54 Å². The van der Waals surface area contributed by atoms with Crippen molar-refractivity contribution in [2.75, 3.05) is 0 Å². The van der Waals surface area contributed by atoms with Crippen LogP contribution in [0.1, 0.15) is 11.3 Å². The van der Waals surface area contributed by atoms with Crippen LogP contribution in [0.3, 0.4) is 0 Å². The number of nitrogens with two attached hydrogens (primary N) is 1. The van der Waals surface area contributed by atoms with E-state index >= 15 is 0 Å². The average molecular weight is 239 g/mol. The molecule has 15 heavy (non-hydrogen) atoms. The molecule has 1 aromatic heterocycles. The van der Waals surface area contributed by atoms with Crippen LogP contribution in [-0.4, -0.2) is 4.98 Å². The number of hydrogen-bond acceptors (Lipinski definition) is 3. The lowest BCUT2D eigenvalue weighted by atomic mass is 10.1. The maximum Gasteiger partial charge on any atom is 0.125 e. The van der Waals surface area contributed by atoms with Crippen molar-refractivity contribution in [3.63, 3.8) is 0 Å². The fraction of sp³-hybridized carbons (Fsp3) is 0.182. The smallest absolute Gasteiger partial charge is 0.125 e. The Balaban J connectivity index is 2.50. The second-order valence-electron chi connectivity index (χ2n) is 3.26. The van der Waals surface area contributed by atoms with Gasteiger partial charge in [0.1, 0.15) is 9.34 Å². The van der Waals surface area contributed by atoms with Gasteiger partial charge in [-0.25, -0.2) is 4.98 Å². The van der Waals surface area contributed by atoms with Gasteiger partial charge in [0.2, 0.25) is 0 Å². The molecule has 0 saturated carbocycles. The zero-order chi connectivity index (χ0) is 10.8. The standard InChI is InChI=1S/C11H11ClN2S/c1-7-4-2-3-5-8(7)11-14-9(6-13)10(12)15-11/h2-5H,6,13H2,1H3. The van der Waals surface area contributed by atoms with Crippen molar-refractivity contribution in [1.82, 2.24) is 4.98 Å². The van der Waals surface area contributed by atoms with Crippen LogP contribution in [0.4, 0.5) is 0 Å². The maximum atomic E-state index is 6.02. The molecule has 2 aromatic rings. The van der Waals surface area contributed by atoms with E-state index in [4.69, 9.17) is 17.3 Å². The van der Waals surface area contributed by atoms with Crippen LogP contribution < -0.4 is 5.73 Å². The summed E-state index contributed by atoms with van der Waals surface area (Å²) in [6.07, 6.45) is 0. The van der Waals surface area contributed by atoms with E-state index in [1.165, 1.54) is 16.9 Å². The summed E-state index contributed by atoms with van der Waals surface area (Å²) < 4.78 is 0.691. The normalized spacial score (nSPS) is 10.6. The van der Waals surface area contributed by atoms with Gasteiger partial charge in [-0.05, 0) is 12.5 Å². The molecule has 0 amide bonds. The summed E-state index contributed by atoms with van der Waals surface area (Å²) in [6, 6.07) is 8.12. The lowest BCUT2D eigenvalue weighted by Crippen LogP contribution is -1.96. The first-order valence-corrected chi connectivity index (χ1v) is 5.83. The molecule has 0 radical (unpaired) electrons. The van der Waals surface area contributed by atoms with E-state index in [9.17, 15) is 0 Å². The van der Waals surface area contributed by atoms with Crippen LogP contribution in [0.15, 0.2) is 24.3 Å². The second-order valence-corrected chi connectivity index (χ2v) is 4.86. The molecular formula is C11H11ClN2S. The highest BCUT2D eigenvalue weighted by atomic mass is 35.5. The van der Waals surface area contributed by atoms with Crippen LogP contribution in [0.5, 0.6) is 0 Å². The molecule has 0 fully saturated rings. The number of aryl methyl sites for hydroxylation is 1. The van der Waals surface area contributed by atoms with Crippen molar-refractivity contribution >= 4 is 22.9 Å². The number of nitrogens with zero attached hydrogens (tertiary/aromatic N) is 1. The van der Waals surface area contributed by atoms with Gasteiger partial charge < -0.3 is 5.73 Å². The number of thiazole rings is 1. The molecule has 0 atom stereocenters. The van der Waals surface area contributed by atoms with Gasteiger partial charge in [-0.15, -0.1) is 11.3 Å². The molecule has 4 heteroatoms. The zero-order valence-corrected chi connectivity index (χ0v) is 9.90. The van der Waals surface area contributed by atoms with E-state index in [1.807, 2.05) is 18.2 Å². The van der Waals surface area contributed by atoms with Crippen LogP contribution in [0.2, 0.25) is 4.34 Å². The molecule has 0 aliphatic heterocycles. The van der Waals surface area contributed by atoms with Crippen molar-refractivity contribution in [2.24, 2.45) is 5.73 Å². The summed E-state index contributed by atoms with van der Waals surface area (Å²) in [7, 11) is 0. The molecule has 78 valence electrons. The summed E-state index contributed by atoms with van der Waals surface area (Å²) in [5, 5.41) is 0.943. The van der Waals surface area contributed by atoms with Crippen molar-refractivity contribution in [2.45, 2.75) is 13.5 Å². The Labute approximate surface area is 97.7 Å². The van der Waals surface area contributed by atoms with Crippen LogP contribution in [0, 0.1) is 6.92 Å². The summed E-state index contributed by atoms with van der Waals surface area (Å²) in [5.41, 5.74) is 8.65. The van der Waals surface area contributed by atoms with Gasteiger partial charge in [0, 0.05) is 12.1 Å². The second kappa shape index (κ2) is 4.31. The maximum absolute atomic E-state index is 6.02. The topological polar surface area (TPSA) is 38.9 Å². The van der Waals surface area contributed by atoms with Crippen molar-refractivity contribution in [1.29, 1.82) is 0 Å². The van der Waals surface area contributed by atoms with Crippen LogP contribution >= 0.6 is 22.9 Å². The lowest BCUT2D eigenvalue weighted by molar-refractivity contribution is 1.01. The molecule has 0 aliphatic rings. The van der Waals surface area contributed by atoms with E-state index < -0.39 is 0 Å². The van der Waals surface area contributed by atoms with E-state index in [0.717, 1.165) is 16.3 Å². The number of halogens is 1. The highest BCUT2D eigenvalue weighted by Gasteiger charge is 2.10. The summed E-state index contributed by atoms with van der Waals surface area (Å²) in [4.78, 5) is 4.42. The molecule has 0 bridgehead atoms. The lowest BCUT2D eigenvalue weighted by Gasteiger charge is -1.99. The molecule has 2 nitrogen and oxygen atoms in total. The van der Waals surface area contributed by atoms with Crippen molar-refractivity contribution in [3.8, 4) is 10.6 Å². The molecule has 0 unspecified atom stereocenters. The first-order chi connectivity index (χ1) is 7.22. The zero-order valence-electron chi connectivity index (χ0n) is 8.33. The Kier molecular flexibility index (Phi) is 3.05.